The van der Waals surface area contributed by atoms with Crippen molar-refractivity contribution >= 4 is 46.4 Å². The van der Waals surface area contributed by atoms with Crippen molar-refractivity contribution in [3.63, 3.8) is 0 Å². The number of benzene rings is 1. The number of aliphatic imine (C=N–C) groups is 1. The molecule has 0 amide bonds. The van der Waals surface area contributed by atoms with Crippen LogP contribution in [0.3, 0.4) is 0 Å². The Labute approximate surface area is 176 Å². The van der Waals surface area contributed by atoms with Gasteiger partial charge in [0.15, 0.2) is 11.1 Å². The third-order valence-corrected chi connectivity index (χ3v) is 5.06. The number of para-hydroxylation sites is 1. The van der Waals surface area contributed by atoms with Crippen LogP contribution in [0.4, 0.5) is 5.13 Å². The highest BCUT2D eigenvalue weighted by molar-refractivity contribution is 14.0. The molecule has 0 bridgehead atoms. The number of hydrogen-bond acceptors (Lipinski definition) is 5. The largest absolute Gasteiger partial charge is 0.489 e. The number of ether oxygens (including phenoxy) is 1. The lowest BCUT2D eigenvalue weighted by molar-refractivity contribution is 0.228. The van der Waals surface area contributed by atoms with Crippen molar-refractivity contribution in [3.05, 3.63) is 41.4 Å². The molecule has 142 valence electrons. The molecule has 1 unspecified atom stereocenters. The monoisotopic (exact) mass is 487 g/mol. The number of anilines is 1. The molecule has 0 radical (unpaired) electrons. The number of nitrogens with zero attached hydrogens (tertiary/aromatic N) is 4. The molecule has 1 atom stereocenters. The van der Waals surface area contributed by atoms with Gasteiger partial charge >= 0.3 is 0 Å². The molecule has 1 aromatic heterocycles. The van der Waals surface area contributed by atoms with Crippen LogP contribution in [0.15, 0.2) is 40.8 Å². The maximum atomic E-state index is 6.17. The minimum absolute atomic E-state index is 0. The van der Waals surface area contributed by atoms with Gasteiger partial charge in [-0.3, -0.25) is 0 Å². The number of piperazine rings is 1. The summed E-state index contributed by atoms with van der Waals surface area (Å²) in [7, 11) is 0. The molecule has 1 aliphatic heterocycles. The average Bonchev–Trinajstić information content (AvgIpc) is 3.16. The summed E-state index contributed by atoms with van der Waals surface area (Å²) in [5, 5.41) is 3.09. The van der Waals surface area contributed by atoms with Crippen LogP contribution >= 0.6 is 35.3 Å². The molecule has 3 rings (SSSR count). The van der Waals surface area contributed by atoms with Gasteiger partial charge in [0.2, 0.25) is 0 Å². The number of aryl methyl sites for hydroxylation is 1. The third kappa shape index (κ3) is 5.47. The lowest BCUT2D eigenvalue weighted by atomic mass is 10.2. The Morgan fingerprint density at radius 3 is 2.69 bits per heavy atom. The zero-order chi connectivity index (χ0) is 17.6. The van der Waals surface area contributed by atoms with E-state index in [1.54, 1.807) is 11.3 Å². The molecule has 1 aliphatic rings. The summed E-state index contributed by atoms with van der Waals surface area (Å²) in [6, 6.07) is 8.02. The normalized spacial score (nSPS) is 16.2. The summed E-state index contributed by atoms with van der Waals surface area (Å²) < 4.78 is 5.95. The molecule has 2 aromatic rings. The van der Waals surface area contributed by atoms with Gasteiger partial charge in [-0.25, -0.2) is 9.98 Å². The number of guanidine groups is 1. The fourth-order valence-electron chi connectivity index (χ4n) is 2.76. The Balaban J connectivity index is 0.00000243. The van der Waals surface area contributed by atoms with Gasteiger partial charge in [0.05, 0.1) is 6.54 Å². The first kappa shape index (κ1) is 20.8. The van der Waals surface area contributed by atoms with Gasteiger partial charge < -0.3 is 20.3 Å². The highest BCUT2D eigenvalue weighted by Crippen LogP contribution is 2.19. The van der Waals surface area contributed by atoms with Crippen LogP contribution < -0.4 is 15.4 Å². The quantitative estimate of drug-likeness (QED) is 0.399. The van der Waals surface area contributed by atoms with E-state index in [2.05, 4.69) is 19.8 Å². The number of hydrogen-bond donors (Lipinski definition) is 1. The molecule has 0 aliphatic carbocycles. The molecule has 0 saturated carbocycles. The molecular weight excluding hydrogens is 461 g/mol. The maximum absolute atomic E-state index is 6.17. The van der Waals surface area contributed by atoms with E-state index in [-0.39, 0.29) is 30.1 Å². The van der Waals surface area contributed by atoms with Gasteiger partial charge in [0, 0.05) is 37.8 Å². The van der Waals surface area contributed by atoms with E-state index < -0.39 is 0 Å². The Hall–Kier alpha value is -1.55. The number of thiazole rings is 1. The Morgan fingerprint density at radius 2 is 2.04 bits per heavy atom. The van der Waals surface area contributed by atoms with Gasteiger partial charge in [0.1, 0.15) is 11.9 Å². The predicted octanol–water partition coefficient (Wildman–Crippen LogP) is 2.97. The summed E-state index contributed by atoms with van der Waals surface area (Å²) >= 11 is 1.67. The van der Waals surface area contributed by atoms with Gasteiger partial charge in [-0.2, -0.15) is 0 Å². The first-order valence-electron chi connectivity index (χ1n) is 8.55. The van der Waals surface area contributed by atoms with Crippen LogP contribution in [0.5, 0.6) is 5.75 Å². The number of rotatable bonds is 5. The van der Waals surface area contributed by atoms with Crippen molar-refractivity contribution < 1.29 is 4.74 Å². The van der Waals surface area contributed by atoms with Crippen molar-refractivity contribution in [1.82, 2.24) is 9.88 Å². The van der Waals surface area contributed by atoms with Crippen molar-refractivity contribution in [3.8, 4) is 5.75 Å². The first-order chi connectivity index (χ1) is 12.1. The SMILES string of the molecule is Cc1ccccc1OC(C)CN=C(N)N1CCN(c2nccs2)CC1.I. The fourth-order valence-corrected chi connectivity index (χ4v) is 3.46. The van der Waals surface area contributed by atoms with Gasteiger partial charge in [-0.15, -0.1) is 35.3 Å². The van der Waals surface area contributed by atoms with Crippen LogP contribution in [-0.2, 0) is 0 Å². The van der Waals surface area contributed by atoms with Crippen molar-refractivity contribution in [2.24, 2.45) is 10.7 Å². The van der Waals surface area contributed by atoms with E-state index in [4.69, 9.17) is 10.5 Å². The average molecular weight is 487 g/mol. The second kappa shape index (κ2) is 9.96. The van der Waals surface area contributed by atoms with E-state index in [0.717, 1.165) is 42.6 Å². The molecule has 6 nitrogen and oxygen atoms in total. The second-order valence-corrected chi connectivity index (χ2v) is 7.05. The van der Waals surface area contributed by atoms with Gasteiger partial charge in [-0.05, 0) is 25.5 Å². The zero-order valence-electron chi connectivity index (χ0n) is 15.2. The van der Waals surface area contributed by atoms with Gasteiger partial charge in [-0.1, -0.05) is 18.2 Å². The van der Waals surface area contributed by atoms with Crippen LogP contribution in [0.1, 0.15) is 12.5 Å². The van der Waals surface area contributed by atoms with Crippen LogP contribution in [0.2, 0.25) is 0 Å². The summed E-state index contributed by atoms with van der Waals surface area (Å²) in [5.74, 6) is 1.50. The second-order valence-electron chi connectivity index (χ2n) is 6.18. The molecule has 2 heterocycles. The van der Waals surface area contributed by atoms with Crippen molar-refractivity contribution in [1.29, 1.82) is 0 Å². The molecule has 8 heteroatoms. The third-order valence-electron chi connectivity index (χ3n) is 4.23. The minimum atomic E-state index is -0.0174. The van der Waals surface area contributed by atoms with Crippen molar-refractivity contribution in [2.75, 3.05) is 37.6 Å². The smallest absolute Gasteiger partial charge is 0.191 e. The molecule has 2 N–H and O–H groups in total. The fraction of sp³-hybridized carbons (Fsp3) is 0.444. The highest BCUT2D eigenvalue weighted by Gasteiger charge is 2.20. The number of halogens is 1. The van der Waals surface area contributed by atoms with E-state index in [1.165, 1.54) is 0 Å². The van der Waals surface area contributed by atoms with Crippen molar-refractivity contribution in [2.45, 2.75) is 20.0 Å². The van der Waals surface area contributed by atoms with E-state index in [9.17, 15) is 0 Å². The topological polar surface area (TPSA) is 67.0 Å². The Bertz CT molecular complexity index is 701. The molecule has 1 saturated heterocycles. The van der Waals surface area contributed by atoms with E-state index in [0.29, 0.717) is 12.5 Å². The molecular formula is C18H26IN5OS. The number of aromatic nitrogens is 1. The molecule has 1 fully saturated rings. The summed E-state index contributed by atoms with van der Waals surface area (Å²) in [6.07, 6.45) is 1.83. The summed E-state index contributed by atoms with van der Waals surface area (Å²) in [6.45, 7) is 8.17. The van der Waals surface area contributed by atoms with Gasteiger partial charge in [0.25, 0.3) is 0 Å². The predicted molar refractivity (Wildman–Crippen MR) is 119 cm³/mol. The Kier molecular flexibility index (Phi) is 7.95. The molecule has 26 heavy (non-hydrogen) atoms. The summed E-state index contributed by atoms with van der Waals surface area (Å²) in [4.78, 5) is 13.3. The highest BCUT2D eigenvalue weighted by atomic mass is 127. The maximum Gasteiger partial charge on any atom is 0.191 e. The first-order valence-corrected chi connectivity index (χ1v) is 9.43. The zero-order valence-corrected chi connectivity index (χ0v) is 18.3. The lowest BCUT2D eigenvalue weighted by Crippen LogP contribution is -2.51. The van der Waals surface area contributed by atoms with E-state index >= 15 is 0 Å². The van der Waals surface area contributed by atoms with Crippen LogP contribution in [-0.4, -0.2) is 54.7 Å². The summed E-state index contributed by atoms with van der Waals surface area (Å²) in [5.41, 5.74) is 7.30. The van der Waals surface area contributed by atoms with Crippen LogP contribution in [0.25, 0.3) is 0 Å². The minimum Gasteiger partial charge on any atom is -0.489 e. The van der Waals surface area contributed by atoms with E-state index in [1.807, 2.05) is 49.7 Å². The Morgan fingerprint density at radius 1 is 1.31 bits per heavy atom. The molecule has 0 spiro atoms. The van der Waals surface area contributed by atoms with Crippen LogP contribution in [0, 0.1) is 6.92 Å². The number of nitrogens with two attached hydrogens (primary N) is 1. The lowest BCUT2D eigenvalue weighted by Gasteiger charge is -2.35. The standard InChI is InChI=1S/C18H25N5OS.HI/c1-14-5-3-4-6-16(14)24-15(2)13-21-17(19)22-8-10-23(11-9-22)18-20-7-12-25-18;/h3-7,12,15H,8-11,13H2,1-2H3,(H2,19,21);1H. The molecule has 1 aromatic carbocycles.